The van der Waals surface area contributed by atoms with Crippen molar-refractivity contribution in [1.29, 1.82) is 0 Å². The number of hydrogen-bond donors (Lipinski definition) is 1. The summed E-state index contributed by atoms with van der Waals surface area (Å²) < 4.78 is 10.7. The summed E-state index contributed by atoms with van der Waals surface area (Å²) in [4.78, 5) is 29.2. The molecule has 1 fully saturated rings. The third-order valence-electron chi connectivity index (χ3n) is 4.41. The molecule has 1 atom stereocenters. The maximum absolute atomic E-state index is 12.0. The number of aliphatic imine (C=N–C) groups is 1. The number of esters is 1. The van der Waals surface area contributed by atoms with Crippen molar-refractivity contribution in [2.45, 2.75) is 45.7 Å². The Morgan fingerprint density at radius 2 is 2.15 bits per heavy atom. The number of nitrogens with one attached hydrogen (secondary N) is 1. The molecule has 0 radical (unpaired) electrons. The molecule has 140 valence electrons. The number of benzene rings is 1. The van der Waals surface area contributed by atoms with E-state index >= 15 is 0 Å². The Bertz CT molecular complexity index is 750. The fourth-order valence-corrected chi connectivity index (χ4v) is 3.35. The normalized spacial score (nSPS) is 18.0. The van der Waals surface area contributed by atoms with Crippen molar-refractivity contribution in [3.63, 3.8) is 0 Å². The minimum absolute atomic E-state index is 0.0283. The molecule has 3 rings (SSSR count). The molecular formula is C18H22ClN3O4. The van der Waals surface area contributed by atoms with Gasteiger partial charge in [0, 0.05) is 12.5 Å². The Balaban J connectivity index is 1.64. The van der Waals surface area contributed by atoms with Crippen LogP contribution in [0.3, 0.4) is 0 Å². The molecule has 1 amide bonds. The second-order valence-electron chi connectivity index (χ2n) is 6.25. The summed E-state index contributed by atoms with van der Waals surface area (Å²) in [5, 5.41) is 3.35. The van der Waals surface area contributed by atoms with E-state index in [-0.39, 0.29) is 17.9 Å². The Labute approximate surface area is 157 Å². The maximum atomic E-state index is 12.0. The number of unbranched alkanes of at least 4 members (excludes halogenated alkanes) is 1. The van der Waals surface area contributed by atoms with Crippen LogP contribution in [0.4, 0.5) is 5.69 Å². The van der Waals surface area contributed by atoms with Gasteiger partial charge in [-0.2, -0.15) is 0 Å². The minimum atomic E-state index is -0.274. The maximum Gasteiger partial charge on any atom is 0.302 e. The second-order valence-corrected chi connectivity index (χ2v) is 6.63. The van der Waals surface area contributed by atoms with Crippen LogP contribution < -0.4 is 10.1 Å². The minimum Gasteiger partial charge on any atom is -0.492 e. The van der Waals surface area contributed by atoms with Gasteiger partial charge in [-0.25, -0.2) is 4.99 Å². The average Bonchev–Trinajstić information content (AvgIpc) is 2.92. The quantitative estimate of drug-likeness (QED) is 0.582. The number of nitrogens with zero attached hydrogens (tertiary/aromatic N) is 2. The summed E-state index contributed by atoms with van der Waals surface area (Å²) in [6, 6.07) is 3.43. The molecule has 7 nitrogen and oxygen atoms in total. The van der Waals surface area contributed by atoms with E-state index in [0.29, 0.717) is 42.9 Å². The monoisotopic (exact) mass is 379 g/mol. The molecule has 0 aromatic heterocycles. The fraction of sp³-hybridized carbons (Fsp3) is 0.500. The van der Waals surface area contributed by atoms with Crippen molar-refractivity contribution < 1.29 is 19.1 Å². The number of carbonyl (C=O) groups is 2. The number of amides is 1. The Hall–Kier alpha value is -2.28. The molecule has 0 bridgehead atoms. The zero-order chi connectivity index (χ0) is 18.7. The van der Waals surface area contributed by atoms with Crippen molar-refractivity contribution in [3.05, 3.63) is 22.7 Å². The lowest BCUT2D eigenvalue weighted by Crippen LogP contribution is -2.36. The number of guanidine groups is 1. The highest BCUT2D eigenvalue weighted by Crippen LogP contribution is 2.39. The van der Waals surface area contributed by atoms with Crippen molar-refractivity contribution in [2.75, 3.05) is 13.2 Å². The summed E-state index contributed by atoms with van der Waals surface area (Å²) in [6.07, 6.45) is 2.19. The predicted molar refractivity (Wildman–Crippen MR) is 97.7 cm³/mol. The smallest absolute Gasteiger partial charge is 0.302 e. The second kappa shape index (κ2) is 7.95. The van der Waals surface area contributed by atoms with E-state index in [9.17, 15) is 9.59 Å². The molecule has 0 saturated carbocycles. The van der Waals surface area contributed by atoms with Gasteiger partial charge in [0.2, 0.25) is 11.9 Å². The van der Waals surface area contributed by atoms with Crippen LogP contribution in [0.25, 0.3) is 0 Å². The average molecular weight is 380 g/mol. The Morgan fingerprint density at radius 1 is 1.38 bits per heavy atom. The zero-order valence-corrected chi connectivity index (χ0v) is 15.6. The lowest BCUT2D eigenvalue weighted by Gasteiger charge is -2.28. The number of fused-ring (bicyclic) bond motifs is 2. The molecule has 2 heterocycles. The number of halogens is 1. The number of hydrogen-bond acceptors (Lipinski definition) is 6. The number of carbonyl (C=O) groups excluding carboxylic acids is 2. The fourth-order valence-electron chi connectivity index (χ4n) is 3.08. The van der Waals surface area contributed by atoms with Crippen LogP contribution in [-0.2, 0) is 20.9 Å². The summed E-state index contributed by atoms with van der Waals surface area (Å²) in [5.74, 6) is 0.885. The summed E-state index contributed by atoms with van der Waals surface area (Å²) in [5.41, 5.74) is 1.61. The predicted octanol–water partition coefficient (Wildman–Crippen LogP) is 2.77. The van der Waals surface area contributed by atoms with Crippen LogP contribution in [0, 0.1) is 0 Å². The van der Waals surface area contributed by atoms with E-state index in [0.717, 1.165) is 24.1 Å². The third-order valence-corrected chi connectivity index (χ3v) is 4.83. The molecule has 2 aliphatic rings. The SMILES string of the molecule is CCC1C(=O)NC2=Nc3ccc(OCCCCOC(C)=O)c(Cl)c3CN21. The van der Waals surface area contributed by atoms with Gasteiger partial charge in [0.1, 0.15) is 11.8 Å². The van der Waals surface area contributed by atoms with Crippen LogP contribution in [0.15, 0.2) is 17.1 Å². The third kappa shape index (κ3) is 3.77. The van der Waals surface area contributed by atoms with Gasteiger partial charge in [0.25, 0.3) is 0 Å². The van der Waals surface area contributed by atoms with Crippen molar-refractivity contribution in [2.24, 2.45) is 4.99 Å². The highest BCUT2D eigenvalue weighted by Gasteiger charge is 2.38. The highest BCUT2D eigenvalue weighted by atomic mass is 35.5. The molecule has 2 aliphatic heterocycles. The summed E-state index contributed by atoms with van der Waals surface area (Å²) in [7, 11) is 0. The van der Waals surface area contributed by atoms with E-state index in [1.807, 2.05) is 17.9 Å². The number of ether oxygens (including phenoxy) is 2. The molecule has 1 saturated heterocycles. The van der Waals surface area contributed by atoms with Crippen LogP contribution in [0.1, 0.15) is 38.7 Å². The van der Waals surface area contributed by atoms with Gasteiger partial charge in [-0.05, 0) is 31.4 Å². The van der Waals surface area contributed by atoms with E-state index in [2.05, 4.69) is 10.3 Å². The van der Waals surface area contributed by atoms with Gasteiger partial charge < -0.3 is 14.4 Å². The van der Waals surface area contributed by atoms with Crippen LogP contribution in [0.5, 0.6) is 5.75 Å². The van der Waals surface area contributed by atoms with Crippen LogP contribution in [-0.4, -0.2) is 42.0 Å². The van der Waals surface area contributed by atoms with Crippen LogP contribution >= 0.6 is 11.6 Å². The molecule has 1 aromatic carbocycles. The topological polar surface area (TPSA) is 80.2 Å². The standard InChI is InChI=1S/C18H22ClN3O4/c1-3-14-17(24)21-18-20-13-6-7-15(16(19)12(13)10-22(14)18)26-9-5-4-8-25-11(2)23/h6-7,14H,3-5,8-10H2,1-2H3,(H,20,21,24). The molecule has 1 aromatic rings. The first-order valence-corrected chi connectivity index (χ1v) is 9.12. The highest BCUT2D eigenvalue weighted by molar-refractivity contribution is 6.33. The molecule has 26 heavy (non-hydrogen) atoms. The van der Waals surface area contributed by atoms with Gasteiger partial charge in [-0.15, -0.1) is 0 Å². The Kier molecular flexibility index (Phi) is 5.66. The molecular weight excluding hydrogens is 358 g/mol. The summed E-state index contributed by atoms with van der Waals surface area (Å²) in [6.45, 7) is 4.76. The first-order valence-electron chi connectivity index (χ1n) is 8.75. The largest absolute Gasteiger partial charge is 0.492 e. The van der Waals surface area contributed by atoms with Gasteiger partial charge in [-0.3, -0.25) is 14.9 Å². The van der Waals surface area contributed by atoms with Gasteiger partial charge in [0.05, 0.1) is 30.5 Å². The van der Waals surface area contributed by atoms with E-state index in [1.165, 1.54) is 6.92 Å². The van der Waals surface area contributed by atoms with Gasteiger partial charge >= 0.3 is 5.97 Å². The zero-order valence-electron chi connectivity index (χ0n) is 14.9. The molecule has 0 spiro atoms. The van der Waals surface area contributed by atoms with Crippen LogP contribution in [0.2, 0.25) is 5.02 Å². The Morgan fingerprint density at radius 3 is 2.88 bits per heavy atom. The van der Waals surface area contributed by atoms with Crippen molar-refractivity contribution in [3.8, 4) is 5.75 Å². The molecule has 0 aliphatic carbocycles. The lowest BCUT2D eigenvalue weighted by molar-refractivity contribution is -0.141. The van der Waals surface area contributed by atoms with Crippen molar-refractivity contribution in [1.82, 2.24) is 10.2 Å². The summed E-state index contributed by atoms with van der Waals surface area (Å²) >= 11 is 6.53. The van der Waals surface area contributed by atoms with Gasteiger partial charge in [0.15, 0.2) is 0 Å². The van der Waals surface area contributed by atoms with Crippen molar-refractivity contribution >= 4 is 35.1 Å². The first-order chi connectivity index (χ1) is 12.5. The van der Waals surface area contributed by atoms with E-state index in [1.54, 1.807) is 6.07 Å². The number of rotatable bonds is 7. The van der Waals surface area contributed by atoms with E-state index in [4.69, 9.17) is 21.1 Å². The molecule has 1 N–H and O–H groups in total. The molecule has 1 unspecified atom stereocenters. The lowest BCUT2D eigenvalue weighted by atomic mass is 10.1. The molecule has 8 heteroatoms. The first kappa shape index (κ1) is 18.5. The van der Waals surface area contributed by atoms with Gasteiger partial charge in [-0.1, -0.05) is 18.5 Å². The van der Waals surface area contributed by atoms with E-state index < -0.39 is 0 Å².